The largest absolute Gasteiger partial charge is 0.497 e. The lowest BCUT2D eigenvalue weighted by Gasteiger charge is -2.31. The summed E-state index contributed by atoms with van der Waals surface area (Å²) in [5.41, 5.74) is 3.59. The summed E-state index contributed by atoms with van der Waals surface area (Å²) in [5.74, 6) is 1.74. The highest BCUT2D eigenvalue weighted by Gasteiger charge is 2.19. The summed E-state index contributed by atoms with van der Waals surface area (Å²) in [6, 6.07) is 14.4. The predicted molar refractivity (Wildman–Crippen MR) is 92.1 cm³/mol. The molecular formula is C19H23NO3. The normalized spacial score (nSPS) is 17.9. The second kappa shape index (κ2) is 6.92. The van der Waals surface area contributed by atoms with Crippen LogP contribution < -0.4 is 14.4 Å². The molecule has 0 spiro atoms. The second-order valence-corrected chi connectivity index (χ2v) is 5.73. The molecule has 0 fully saturated rings. The van der Waals surface area contributed by atoms with Crippen LogP contribution >= 0.6 is 0 Å². The molecule has 1 aliphatic heterocycles. The minimum atomic E-state index is 0.207. The van der Waals surface area contributed by atoms with Gasteiger partial charge in [0.25, 0.3) is 0 Å². The molecule has 1 unspecified atom stereocenters. The number of hydrogen-bond donors (Lipinski definition) is 0. The van der Waals surface area contributed by atoms with Crippen LogP contribution in [-0.2, 0) is 11.2 Å². The molecule has 23 heavy (non-hydrogen) atoms. The van der Waals surface area contributed by atoms with Crippen LogP contribution in [0.25, 0.3) is 0 Å². The van der Waals surface area contributed by atoms with Crippen molar-refractivity contribution >= 4 is 11.4 Å². The van der Waals surface area contributed by atoms with Crippen molar-refractivity contribution in [2.24, 2.45) is 0 Å². The zero-order valence-electron chi connectivity index (χ0n) is 13.9. The molecule has 0 amide bonds. The Labute approximate surface area is 137 Å². The third-order valence-corrected chi connectivity index (χ3v) is 4.19. The zero-order valence-corrected chi connectivity index (χ0v) is 13.9. The van der Waals surface area contributed by atoms with Gasteiger partial charge >= 0.3 is 0 Å². The van der Waals surface area contributed by atoms with E-state index in [1.807, 2.05) is 18.2 Å². The number of hydrogen-bond acceptors (Lipinski definition) is 4. The molecule has 3 rings (SSSR count). The summed E-state index contributed by atoms with van der Waals surface area (Å²) in [5, 5.41) is 0. The van der Waals surface area contributed by atoms with E-state index >= 15 is 0 Å². The molecule has 0 aromatic heterocycles. The molecule has 1 atom stereocenters. The molecule has 2 aromatic rings. The summed E-state index contributed by atoms with van der Waals surface area (Å²) in [6.07, 6.45) is 1.08. The summed E-state index contributed by atoms with van der Waals surface area (Å²) >= 11 is 0. The van der Waals surface area contributed by atoms with Gasteiger partial charge in [-0.2, -0.15) is 0 Å². The van der Waals surface area contributed by atoms with Crippen LogP contribution in [0.15, 0.2) is 42.5 Å². The van der Waals surface area contributed by atoms with E-state index in [1.54, 1.807) is 14.2 Å². The van der Waals surface area contributed by atoms with Gasteiger partial charge in [-0.3, -0.25) is 0 Å². The lowest BCUT2D eigenvalue weighted by Crippen LogP contribution is -2.29. The van der Waals surface area contributed by atoms with Gasteiger partial charge in [0, 0.05) is 24.3 Å². The number of ether oxygens (including phenoxy) is 3. The minimum Gasteiger partial charge on any atom is -0.497 e. The molecule has 0 bridgehead atoms. The Morgan fingerprint density at radius 3 is 2.39 bits per heavy atom. The van der Waals surface area contributed by atoms with E-state index in [0.29, 0.717) is 6.61 Å². The molecule has 4 nitrogen and oxygen atoms in total. The van der Waals surface area contributed by atoms with E-state index in [4.69, 9.17) is 14.2 Å². The van der Waals surface area contributed by atoms with Gasteiger partial charge in [0.05, 0.1) is 26.9 Å². The van der Waals surface area contributed by atoms with E-state index < -0.39 is 0 Å². The standard InChI is InChI=1S/C19H23NO3/c1-14-12-15-13-18(22-3)8-9-19(15)20(10-11-23-14)16-4-6-17(21-2)7-5-16/h4-9,13-14H,10-12H2,1-3H3. The number of anilines is 2. The SMILES string of the molecule is COc1ccc(N2CCOC(C)Cc3cc(OC)ccc32)cc1. The molecular weight excluding hydrogens is 290 g/mol. The first-order valence-corrected chi connectivity index (χ1v) is 7.91. The monoisotopic (exact) mass is 313 g/mol. The van der Waals surface area contributed by atoms with Gasteiger partial charge in [0.2, 0.25) is 0 Å². The quantitative estimate of drug-likeness (QED) is 0.862. The number of nitrogens with zero attached hydrogens (tertiary/aromatic N) is 1. The number of benzene rings is 2. The van der Waals surface area contributed by atoms with E-state index in [-0.39, 0.29) is 6.10 Å². The smallest absolute Gasteiger partial charge is 0.119 e. The van der Waals surface area contributed by atoms with Crippen molar-refractivity contribution in [2.45, 2.75) is 19.4 Å². The summed E-state index contributed by atoms with van der Waals surface area (Å²) < 4.78 is 16.5. The maximum absolute atomic E-state index is 5.90. The number of rotatable bonds is 3. The molecule has 4 heteroatoms. The fraction of sp³-hybridized carbons (Fsp3) is 0.368. The average molecular weight is 313 g/mol. The molecule has 0 N–H and O–H groups in total. The Morgan fingerprint density at radius 2 is 1.70 bits per heavy atom. The van der Waals surface area contributed by atoms with E-state index in [0.717, 1.165) is 30.2 Å². The first-order chi connectivity index (χ1) is 11.2. The fourth-order valence-corrected chi connectivity index (χ4v) is 2.98. The maximum Gasteiger partial charge on any atom is 0.119 e. The van der Waals surface area contributed by atoms with Crippen molar-refractivity contribution in [3.05, 3.63) is 48.0 Å². The van der Waals surface area contributed by atoms with Crippen molar-refractivity contribution < 1.29 is 14.2 Å². The second-order valence-electron chi connectivity index (χ2n) is 5.73. The Morgan fingerprint density at radius 1 is 1.00 bits per heavy atom. The molecule has 0 radical (unpaired) electrons. The lowest BCUT2D eigenvalue weighted by molar-refractivity contribution is 0.0703. The molecule has 0 saturated carbocycles. The van der Waals surface area contributed by atoms with E-state index in [2.05, 4.69) is 36.1 Å². The van der Waals surface area contributed by atoms with Gasteiger partial charge in [-0.1, -0.05) is 0 Å². The summed E-state index contributed by atoms with van der Waals surface area (Å²) in [7, 11) is 3.38. The van der Waals surface area contributed by atoms with Crippen LogP contribution in [0, 0.1) is 0 Å². The van der Waals surface area contributed by atoms with Crippen LogP contribution in [0.1, 0.15) is 12.5 Å². The van der Waals surface area contributed by atoms with Gasteiger partial charge in [-0.25, -0.2) is 0 Å². The Balaban J connectivity index is 2.01. The van der Waals surface area contributed by atoms with Gasteiger partial charge in [0.15, 0.2) is 0 Å². The van der Waals surface area contributed by atoms with Gasteiger partial charge in [0.1, 0.15) is 11.5 Å². The molecule has 1 heterocycles. The van der Waals surface area contributed by atoms with Gasteiger partial charge in [-0.05, 0) is 55.0 Å². The van der Waals surface area contributed by atoms with E-state index in [1.165, 1.54) is 11.3 Å². The highest BCUT2D eigenvalue weighted by Crippen LogP contribution is 2.34. The van der Waals surface area contributed by atoms with Crippen molar-refractivity contribution in [1.29, 1.82) is 0 Å². The van der Waals surface area contributed by atoms with Gasteiger partial charge < -0.3 is 19.1 Å². The molecule has 122 valence electrons. The summed E-state index contributed by atoms with van der Waals surface area (Å²) in [6.45, 7) is 3.64. The predicted octanol–water partition coefficient (Wildman–Crippen LogP) is 3.80. The zero-order chi connectivity index (χ0) is 16.2. The Bertz CT molecular complexity index is 654. The molecule has 1 aliphatic rings. The van der Waals surface area contributed by atoms with Crippen molar-refractivity contribution in [1.82, 2.24) is 0 Å². The van der Waals surface area contributed by atoms with Crippen LogP contribution in [-0.4, -0.2) is 33.5 Å². The first-order valence-electron chi connectivity index (χ1n) is 7.91. The third-order valence-electron chi connectivity index (χ3n) is 4.19. The highest BCUT2D eigenvalue weighted by atomic mass is 16.5. The topological polar surface area (TPSA) is 30.9 Å². The molecule has 0 saturated heterocycles. The number of fused-ring (bicyclic) bond motifs is 1. The summed E-state index contributed by atoms with van der Waals surface area (Å²) in [4.78, 5) is 2.29. The fourth-order valence-electron chi connectivity index (χ4n) is 2.98. The minimum absolute atomic E-state index is 0.207. The third kappa shape index (κ3) is 3.42. The first kappa shape index (κ1) is 15.7. The van der Waals surface area contributed by atoms with Crippen LogP contribution in [0.2, 0.25) is 0 Å². The van der Waals surface area contributed by atoms with Crippen LogP contribution in [0.5, 0.6) is 11.5 Å². The Kier molecular flexibility index (Phi) is 4.72. The molecule has 0 aliphatic carbocycles. The van der Waals surface area contributed by atoms with Crippen molar-refractivity contribution in [2.75, 3.05) is 32.3 Å². The van der Waals surface area contributed by atoms with Crippen LogP contribution in [0.3, 0.4) is 0 Å². The van der Waals surface area contributed by atoms with Crippen LogP contribution in [0.4, 0.5) is 11.4 Å². The lowest BCUT2D eigenvalue weighted by atomic mass is 10.0. The maximum atomic E-state index is 5.90. The average Bonchev–Trinajstić information content (AvgIpc) is 2.57. The molecule has 2 aromatic carbocycles. The highest BCUT2D eigenvalue weighted by molar-refractivity contribution is 5.68. The Hall–Kier alpha value is -2.20. The van der Waals surface area contributed by atoms with Gasteiger partial charge in [-0.15, -0.1) is 0 Å². The van der Waals surface area contributed by atoms with Crippen molar-refractivity contribution in [3.63, 3.8) is 0 Å². The van der Waals surface area contributed by atoms with Crippen molar-refractivity contribution in [3.8, 4) is 11.5 Å². The number of methoxy groups -OCH3 is 2. The van der Waals surface area contributed by atoms with E-state index in [9.17, 15) is 0 Å².